The molecule has 5 heteroatoms. The lowest BCUT2D eigenvalue weighted by molar-refractivity contribution is -0.118. The third-order valence-corrected chi connectivity index (χ3v) is 6.70. The molecule has 1 aromatic heterocycles. The minimum Gasteiger partial charge on any atom is -0.298 e. The third-order valence-electron chi connectivity index (χ3n) is 3.41. The molecule has 0 saturated carbocycles. The summed E-state index contributed by atoms with van der Waals surface area (Å²) in [4.78, 5) is 12.5. The van der Waals surface area contributed by atoms with E-state index in [1.54, 1.807) is 0 Å². The van der Waals surface area contributed by atoms with Crippen molar-refractivity contribution in [3.63, 3.8) is 0 Å². The average Bonchev–Trinajstić information content (AvgIpc) is 2.78. The number of carbonyl (C=O) groups excluding carboxylic acids is 1. The molecule has 0 aromatic carbocycles. The summed E-state index contributed by atoms with van der Waals surface area (Å²) in [6.45, 7) is 7.07. The molecular formula is C14H22N2OS2. The lowest BCUT2D eigenvalue weighted by Crippen LogP contribution is -2.34. The Labute approximate surface area is 123 Å². The number of ketones is 1. The predicted octanol–water partition coefficient (Wildman–Crippen LogP) is 2.95. The molecule has 2 unspecified atom stereocenters. The van der Waals surface area contributed by atoms with Gasteiger partial charge in [-0.25, -0.2) is 0 Å². The van der Waals surface area contributed by atoms with Crippen LogP contribution in [0.15, 0.2) is 6.07 Å². The number of hydrogen-bond acceptors (Lipinski definition) is 4. The second kappa shape index (κ2) is 6.84. The molecule has 0 aliphatic carbocycles. The molecule has 1 saturated heterocycles. The first-order chi connectivity index (χ1) is 9.15. The fraction of sp³-hybridized carbons (Fsp3) is 0.714. The number of Topliss-reactive ketones (excluding diaryl/α,β-unsaturated/α-hetero) is 1. The van der Waals surface area contributed by atoms with Crippen LogP contribution in [0.3, 0.4) is 0 Å². The van der Waals surface area contributed by atoms with Crippen LogP contribution in [0.2, 0.25) is 0 Å². The number of thioether (sulfide) groups is 2. The molecule has 0 amide bonds. The van der Waals surface area contributed by atoms with Crippen LogP contribution in [0.1, 0.15) is 31.7 Å². The van der Waals surface area contributed by atoms with Crippen molar-refractivity contribution in [1.82, 2.24) is 9.78 Å². The van der Waals surface area contributed by atoms with Crippen molar-refractivity contribution >= 4 is 29.3 Å². The van der Waals surface area contributed by atoms with Gasteiger partial charge in [0.25, 0.3) is 0 Å². The van der Waals surface area contributed by atoms with Crippen molar-refractivity contribution < 1.29 is 4.79 Å². The molecule has 3 nitrogen and oxygen atoms in total. The van der Waals surface area contributed by atoms with E-state index in [4.69, 9.17) is 0 Å². The molecule has 2 heterocycles. The molecule has 106 valence electrons. The summed E-state index contributed by atoms with van der Waals surface area (Å²) in [6, 6.07) is 2.04. The van der Waals surface area contributed by atoms with Crippen molar-refractivity contribution in [2.24, 2.45) is 0 Å². The monoisotopic (exact) mass is 298 g/mol. The van der Waals surface area contributed by atoms with Crippen molar-refractivity contribution in [2.75, 3.05) is 11.5 Å². The van der Waals surface area contributed by atoms with Gasteiger partial charge in [0, 0.05) is 35.4 Å². The molecule has 1 aliphatic heterocycles. The van der Waals surface area contributed by atoms with Gasteiger partial charge in [-0.15, -0.1) is 11.8 Å². The Bertz CT molecular complexity index is 445. The van der Waals surface area contributed by atoms with Crippen molar-refractivity contribution in [3.05, 3.63) is 17.5 Å². The van der Waals surface area contributed by atoms with E-state index in [0.717, 1.165) is 30.1 Å². The van der Waals surface area contributed by atoms with E-state index >= 15 is 0 Å². The molecule has 0 bridgehead atoms. The highest BCUT2D eigenvalue weighted by Gasteiger charge is 2.31. The summed E-state index contributed by atoms with van der Waals surface area (Å²) < 4.78 is 1.95. The summed E-state index contributed by atoms with van der Waals surface area (Å²) in [5.74, 6) is 2.65. The molecule has 2 rings (SSSR count). The van der Waals surface area contributed by atoms with E-state index < -0.39 is 0 Å². The van der Waals surface area contributed by atoms with Gasteiger partial charge < -0.3 is 0 Å². The maximum Gasteiger partial charge on any atom is 0.152 e. The zero-order valence-electron chi connectivity index (χ0n) is 11.9. The fourth-order valence-corrected chi connectivity index (χ4v) is 5.53. The van der Waals surface area contributed by atoms with Gasteiger partial charge in [0.05, 0.1) is 10.9 Å². The number of aromatic nitrogens is 2. The highest BCUT2D eigenvalue weighted by molar-refractivity contribution is 8.07. The van der Waals surface area contributed by atoms with Crippen molar-refractivity contribution in [3.8, 4) is 0 Å². The van der Waals surface area contributed by atoms with Crippen LogP contribution >= 0.6 is 23.5 Å². The van der Waals surface area contributed by atoms with Crippen LogP contribution in [0.5, 0.6) is 0 Å². The van der Waals surface area contributed by atoms with Gasteiger partial charge in [-0.1, -0.05) is 6.92 Å². The minimum atomic E-state index is 0.171. The normalized spacial score (nSPS) is 23.5. The van der Waals surface area contributed by atoms with Crippen LogP contribution < -0.4 is 0 Å². The zero-order valence-corrected chi connectivity index (χ0v) is 13.5. The predicted molar refractivity (Wildman–Crippen MR) is 84.1 cm³/mol. The summed E-state index contributed by atoms with van der Waals surface area (Å²) in [6.07, 6.45) is 1.61. The maximum absolute atomic E-state index is 12.5. The number of aryl methyl sites for hydroxylation is 2. The van der Waals surface area contributed by atoms with Gasteiger partial charge in [-0.05, 0) is 26.3 Å². The highest BCUT2D eigenvalue weighted by atomic mass is 32.2. The first-order valence-corrected chi connectivity index (χ1v) is 9.04. The molecule has 0 spiro atoms. The topological polar surface area (TPSA) is 34.9 Å². The lowest BCUT2D eigenvalue weighted by Gasteiger charge is -2.28. The van der Waals surface area contributed by atoms with E-state index in [0.29, 0.717) is 17.5 Å². The number of nitrogens with zero attached hydrogens (tertiary/aromatic N) is 2. The van der Waals surface area contributed by atoms with Crippen molar-refractivity contribution in [2.45, 2.75) is 50.7 Å². The van der Waals surface area contributed by atoms with Gasteiger partial charge >= 0.3 is 0 Å². The van der Waals surface area contributed by atoms with Gasteiger partial charge in [0.1, 0.15) is 0 Å². The van der Waals surface area contributed by atoms with E-state index in [-0.39, 0.29) is 5.25 Å². The second-order valence-corrected chi connectivity index (χ2v) is 7.44. The van der Waals surface area contributed by atoms with Crippen LogP contribution in [0.25, 0.3) is 0 Å². The molecule has 19 heavy (non-hydrogen) atoms. The smallest absolute Gasteiger partial charge is 0.152 e. The first-order valence-electron chi connectivity index (χ1n) is 6.95. The van der Waals surface area contributed by atoms with Crippen LogP contribution in [0.4, 0.5) is 0 Å². The average molecular weight is 298 g/mol. The molecular weight excluding hydrogens is 276 g/mol. The number of rotatable bonds is 5. The fourth-order valence-electron chi connectivity index (χ4n) is 2.50. The Morgan fingerprint density at radius 2 is 2.16 bits per heavy atom. The quantitative estimate of drug-likeness (QED) is 0.837. The molecule has 0 radical (unpaired) electrons. The molecule has 1 aromatic rings. The molecule has 1 aliphatic rings. The van der Waals surface area contributed by atoms with E-state index in [1.807, 2.05) is 41.2 Å². The summed E-state index contributed by atoms with van der Waals surface area (Å²) in [7, 11) is 0. The Hall–Kier alpha value is -0.420. The molecule has 1 fully saturated rings. The first kappa shape index (κ1) is 15.0. The van der Waals surface area contributed by atoms with Crippen LogP contribution in [-0.2, 0) is 17.8 Å². The number of carbonyl (C=O) groups is 1. The Morgan fingerprint density at radius 1 is 1.42 bits per heavy atom. The lowest BCUT2D eigenvalue weighted by atomic mass is 10.1. The van der Waals surface area contributed by atoms with Crippen molar-refractivity contribution in [1.29, 1.82) is 0 Å². The van der Waals surface area contributed by atoms with E-state index in [1.165, 1.54) is 5.75 Å². The van der Waals surface area contributed by atoms with Crippen LogP contribution in [0, 0.1) is 6.92 Å². The molecule has 2 atom stereocenters. The summed E-state index contributed by atoms with van der Waals surface area (Å²) in [5, 5.41) is 5.08. The summed E-state index contributed by atoms with van der Waals surface area (Å²) >= 11 is 3.80. The second-order valence-electron chi connectivity index (χ2n) is 4.84. The minimum absolute atomic E-state index is 0.171. The van der Waals surface area contributed by atoms with Gasteiger partial charge in [0.15, 0.2) is 5.78 Å². The van der Waals surface area contributed by atoms with Gasteiger partial charge in [-0.3, -0.25) is 9.48 Å². The summed E-state index contributed by atoms with van der Waals surface area (Å²) in [5.41, 5.74) is 2.07. The highest BCUT2D eigenvalue weighted by Crippen LogP contribution is 2.34. The molecule has 0 N–H and O–H groups in total. The third kappa shape index (κ3) is 3.57. The maximum atomic E-state index is 12.5. The standard InChI is InChI=1S/C14H22N2OS2/c1-4-13-14(19-7-6-18-13)12(17)9-11-8-10(3)15-16(11)5-2/h8,13-14H,4-7,9H2,1-3H3. The largest absolute Gasteiger partial charge is 0.298 e. The Morgan fingerprint density at radius 3 is 2.84 bits per heavy atom. The Balaban J connectivity index is 2.07. The van der Waals surface area contributed by atoms with Gasteiger partial charge in [0.2, 0.25) is 0 Å². The number of hydrogen-bond donors (Lipinski definition) is 0. The van der Waals surface area contributed by atoms with Crippen LogP contribution in [-0.4, -0.2) is 37.6 Å². The van der Waals surface area contributed by atoms with E-state index in [2.05, 4.69) is 18.9 Å². The van der Waals surface area contributed by atoms with Gasteiger partial charge in [-0.2, -0.15) is 16.9 Å². The Kier molecular flexibility index (Phi) is 5.39. The zero-order chi connectivity index (χ0) is 13.8. The SMILES string of the molecule is CCC1SCCSC1C(=O)Cc1cc(C)nn1CC. The van der Waals surface area contributed by atoms with E-state index in [9.17, 15) is 4.79 Å².